The van der Waals surface area contributed by atoms with Crippen LogP contribution in [0.4, 0.5) is 0 Å². The van der Waals surface area contributed by atoms with E-state index in [1.54, 1.807) is 0 Å². The van der Waals surface area contributed by atoms with E-state index in [1.807, 2.05) is 60.7 Å². The Bertz CT molecular complexity index is 434. The summed E-state index contributed by atoms with van der Waals surface area (Å²) in [7, 11) is 3.52. The fraction of sp³-hybridized carbons (Fsp3) is 0.143. The first kappa shape index (κ1) is 13.2. The van der Waals surface area contributed by atoms with Crippen LogP contribution in [0.1, 0.15) is 0 Å². The number of ether oxygens (including phenoxy) is 2. The van der Waals surface area contributed by atoms with Crippen molar-refractivity contribution >= 4 is 26.2 Å². The molecule has 0 aliphatic rings. The number of hydrogen-bond donors (Lipinski definition) is 0. The first-order chi connectivity index (χ1) is 8.72. The average molecular weight is 320 g/mol. The van der Waals surface area contributed by atoms with Crippen molar-refractivity contribution in [1.82, 2.24) is 0 Å². The second kappa shape index (κ2) is 6.07. The Morgan fingerprint density at radius 3 is 1.56 bits per heavy atom. The lowest BCUT2D eigenvalue weighted by Crippen LogP contribution is -2.44. The monoisotopic (exact) mass is 319 g/mol. The van der Waals surface area contributed by atoms with Crippen LogP contribution in [0.5, 0.6) is 11.5 Å². The third-order valence-corrected chi connectivity index (χ3v) is 3.86. The Hall–Kier alpha value is -1.26. The zero-order valence-electron chi connectivity index (χ0n) is 9.68. The maximum absolute atomic E-state index is 5.80. The molecule has 2 aromatic rings. The summed E-state index contributed by atoms with van der Waals surface area (Å²) >= 11 is 3.39. The van der Waals surface area contributed by atoms with Crippen molar-refractivity contribution in [1.29, 1.82) is 0 Å². The summed E-state index contributed by atoms with van der Waals surface area (Å²) in [5.41, 5.74) is -0.928. The van der Waals surface area contributed by atoms with Crippen molar-refractivity contribution in [3.05, 3.63) is 60.7 Å². The summed E-state index contributed by atoms with van der Waals surface area (Å²) in [6, 6.07) is 19.1. The van der Waals surface area contributed by atoms with Gasteiger partial charge in [0.1, 0.15) is 11.5 Å². The van der Waals surface area contributed by atoms with Gasteiger partial charge in [0.15, 0.2) is 10.2 Å². The summed E-state index contributed by atoms with van der Waals surface area (Å²) < 4.78 is 11.6. The Morgan fingerprint density at radius 1 is 0.833 bits per heavy atom. The van der Waals surface area contributed by atoms with Crippen LogP contribution >= 0.6 is 15.9 Å². The lowest BCUT2D eigenvalue weighted by atomic mass is 10.3. The molecule has 0 saturated carbocycles. The molecule has 18 heavy (non-hydrogen) atoms. The van der Waals surface area contributed by atoms with Gasteiger partial charge in [-0.25, -0.2) is 0 Å². The van der Waals surface area contributed by atoms with Gasteiger partial charge < -0.3 is 9.47 Å². The minimum absolute atomic E-state index is 0.487. The molecule has 0 aromatic heterocycles. The van der Waals surface area contributed by atoms with E-state index in [2.05, 4.69) is 26.2 Å². The van der Waals surface area contributed by atoms with Gasteiger partial charge in [-0.3, -0.25) is 0 Å². The lowest BCUT2D eigenvalue weighted by molar-refractivity contribution is -0.0162. The van der Waals surface area contributed by atoms with Crippen LogP contribution in [-0.4, -0.2) is 21.0 Å². The highest BCUT2D eigenvalue weighted by Crippen LogP contribution is 2.22. The Labute approximate surface area is 118 Å². The number of alkyl halides is 1. The number of benzene rings is 2. The topological polar surface area (TPSA) is 18.5 Å². The molecule has 0 aliphatic carbocycles. The maximum Gasteiger partial charge on any atom is 0.231 e. The third-order valence-electron chi connectivity index (χ3n) is 2.23. The van der Waals surface area contributed by atoms with E-state index in [4.69, 9.17) is 9.47 Å². The van der Waals surface area contributed by atoms with E-state index in [-0.39, 0.29) is 0 Å². The molecule has 0 N–H and O–H groups in total. The standard InChI is InChI=1S/C14H12BrO2Si/c15-11-14(18,16-12-7-3-1-4-8-12)17-13-9-5-2-6-10-13/h1-10H,11H2. The summed E-state index contributed by atoms with van der Waals surface area (Å²) in [6.07, 6.45) is 0. The predicted octanol–water partition coefficient (Wildman–Crippen LogP) is 3.36. The summed E-state index contributed by atoms with van der Waals surface area (Å²) in [4.78, 5) is 0. The molecule has 0 atom stereocenters. The molecule has 0 unspecified atom stereocenters. The van der Waals surface area contributed by atoms with Crippen LogP contribution in [0, 0.1) is 0 Å². The molecule has 3 radical (unpaired) electrons. The van der Waals surface area contributed by atoms with E-state index in [1.165, 1.54) is 0 Å². The fourth-order valence-corrected chi connectivity index (χ4v) is 1.90. The zero-order valence-corrected chi connectivity index (χ0v) is 12.3. The largest absolute Gasteiger partial charge is 0.457 e. The summed E-state index contributed by atoms with van der Waals surface area (Å²) in [6.45, 7) is 0. The molecular formula is C14H12BrO2Si. The Kier molecular flexibility index (Phi) is 4.44. The molecule has 2 nitrogen and oxygen atoms in total. The second-order valence-electron chi connectivity index (χ2n) is 3.72. The zero-order chi connectivity index (χ0) is 12.8. The van der Waals surface area contributed by atoms with E-state index < -0.39 is 5.41 Å². The van der Waals surface area contributed by atoms with Crippen molar-refractivity contribution in [2.24, 2.45) is 0 Å². The van der Waals surface area contributed by atoms with Gasteiger partial charge in [0.05, 0.1) is 5.33 Å². The van der Waals surface area contributed by atoms with Crippen molar-refractivity contribution in [2.45, 2.75) is 5.41 Å². The molecule has 0 fully saturated rings. The molecule has 0 bridgehead atoms. The van der Waals surface area contributed by atoms with Crippen LogP contribution in [0.15, 0.2) is 60.7 Å². The molecule has 4 heteroatoms. The maximum atomic E-state index is 5.80. The fourth-order valence-electron chi connectivity index (χ4n) is 1.43. The smallest absolute Gasteiger partial charge is 0.231 e. The average Bonchev–Trinajstić information content (AvgIpc) is 2.41. The van der Waals surface area contributed by atoms with Gasteiger partial charge in [0, 0.05) is 0 Å². The van der Waals surface area contributed by atoms with E-state index in [0.29, 0.717) is 5.33 Å². The van der Waals surface area contributed by atoms with Gasteiger partial charge in [-0.05, 0) is 24.3 Å². The third kappa shape index (κ3) is 3.61. The SMILES string of the molecule is [Si]C(CBr)(Oc1ccccc1)Oc1ccccc1. The van der Waals surface area contributed by atoms with Crippen LogP contribution in [-0.2, 0) is 0 Å². The van der Waals surface area contributed by atoms with Gasteiger partial charge in [-0.1, -0.05) is 52.3 Å². The first-order valence-electron chi connectivity index (χ1n) is 5.51. The van der Waals surface area contributed by atoms with Crippen LogP contribution in [0.25, 0.3) is 0 Å². The Morgan fingerprint density at radius 2 is 1.22 bits per heavy atom. The highest BCUT2D eigenvalue weighted by atomic mass is 79.9. The normalized spacial score (nSPS) is 11.0. The molecule has 0 amide bonds. The van der Waals surface area contributed by atoms with Gasteiger partial charge in [0.2, 0.25) is 5.41 Å². The van der Waals surface area contributed by atoms with Gasteiger partial charge in [-0.15, -0.1) is 0 Å². The molecular weight excluding hydrogens is 308 g/mol. The van der Waals surface area contributed by atoms with Crippen molar-refractivity contribution in [3.8, 4) is 11.5 Å². The van der Waals surface area contributed by atoms with Gasteiger partial charge in [-0.2, -0.15) is 0 Å². The molecule has 0 saturated heterocycles. The van der Waals surface area contributed by atoms with E-state index >= 15 is 0 Å². The highest BCUT2D eigenvalue weighted by Gasteiger charge is 2.27. The lowest BCUT2D eigenvalue weighted by Gasteiger charge is -2.29. The van der Waals surface area contributed by atoms with Crippen LogP contribution < -0.4 is 9.47 Å². The minimum atomic E-state index is -0.928. The Balaban J connectivity index is 2.11. The van der Waals surface area contributed by atoms with E-state index in [9.17, 15) is 0 Å². The number of hydrogen-bond acceptors (Lipinski definition) is 2. The summed E-state index contributed by atoms with van der Waals surface area (Å²) in [5.74, 6) is 1.48. The number of halogens is 1. The van der Waals surface area contributed by atoms with Crippen LogP contribution in [0.2, 0.25) is 0 Å². The van der Waals surface area contributed by atoms with Crippen molar-refractivity contribution in [3.63, 3.8) is 0 Å². The molecule has 2 aromatic carbocycles. The quantitative estimate of drug-likeness (QED) is 0.478. The number of rotatable bonds is 5. The molecule has 0 aliphatic heterocycles. The van der Waals surface area contributed by atoms with Gasteiger partial charge >= 0.3 is 0 Å². The summed E-state index contributed by atoms with van der Waals surface area (Å²) in [5, 5.41) is 0.487. The molecule has 0 spiro atoms. The second-order valence-corrected chi connectivity index (χ2v) is 5.04. The molecule has 91 valence electrons. The highest BCUT2D eigenvalue weighted by molar-refractivity contribution is 9.09. The number of para-hydroxylation sites is 2. The van der Waals surface area contributed by atoms with Crippen molar-refractivity contribution < 1.29 is 9.47 Å². The van der Waals surface area contributed by atoms with Crippen LogP contribution in [0.3, 0.4) is 0 Å². The van der Waals surface area contributed by atoms with E-state index in [0.717, 1.165) is 11.5 Å². The predicted molar refractivity (Wildman–Crippen MR) is 76.4 cm³/mol. The molecule has 0 heterocycles. The first-order valence-corrected chi connectivity index (χ1v) is 7.13. The van der Waals surface area contributed by atoms with Gasteiger partial charge in [0.25, 0.3) is 0 Å². The van der Waals surface area contributed by atoms with Crippen molar-refractivity contribution in [2.75, 3.05) is 5.33 Å². The minimum Gasteiger partial charge on any atom is -0.457 e. The molecule has 2 rings (SSSR count).